The third kappa shape index (κ3) is 6.85. The smallest absolute Gasteiger partial charge is 0.411 e. The van der Waals surface area contributed by atoms with E-state index in [2.05, 4.69) is 12.6 Å². The minimum Gasteiger partial charge on any atom is -0.445 e. The van der Waals surface area contributed by atoms with Gasteiger partial charge in [-0.2, -0.15) is 12.6 Å². The lowest BCUT2D eigenvalue weighted by molar-refractivity contribution is -0.385. The SMILES string of the molecule is C[C@@]1(C(=O)N2CCN(C(=O)OCc3ccc([N+](=O)[O-])cc3)CC2)C[C@H](S)CN1C(=O)OCc1ccc([N+](=O)[O-])cc1. The molecule has 2 saturated heterocycles. The van der Waals surface area contributed by atoms with Crippen molar-refractivity contribution >= 4 is 42.1 Å². The van der Waals surface area contributed by atoms with Gasteiger partial charge in [0.25, 0.3) is 11.4 Å². The molecule has 2 heterocycles. The van der Waals surface area contributed by atoms with Gasteiger partial charge in [0.1, 0.15) is 18.8 Å². The largest absolute Gasteiger partial charge is 0.445 e. The maximum absolute atomic E-state index is 13.6. The van der Waals surface area contributed by atoms with Crippen LogP contribution >= 0.6 is 12.6 Å². The zero-order valence-corrected chi connectivity index (χ0v) is 23.1. The number of benzene rings is 2. The highest BCUT2D eigenvalue weighted by Gasteiger charge is 2.51. The highest BCUT2D eigenvalue weighted by atomic mass is 32.1. The standard InChI is InChI=1S/C26H29N5O9S/c1-26(14-22(41)15-29(26)25(34)40-17-19-4-8-21(9-5-19)31(37)38)23(32)27-10-12-28(13-11-27)24(33)39-16-18-2-6-20(7-3-18)30(35)36/h2-9,22,41H,10-17H2,1H3/t22-,26-/m0/s1. The third-order valence-electron chi connectivity index (χ3n) is 7.15. The molecule has 0 bridgehead atoms. The number of nitro benzene ring substituents is 2. The molecular formula is C26H29N5O9S. The lowest BCUT2D eigenvalue weighted by Crippen LogP contribution is -2.60. The molecule has 0 saturated carbocycles. The fourth-order valence-electron chi connectivity index (χ4n) is 4.84. The molecule has 0 aliphatic carbocycles. The fraction of sp³-hybridized carbons (Fsp3) is 0.423. The van der Waals surface area contributed by atoms with Gasteiger partial charge in [-0.3, -0.25) is 29.9 Å². The first kappa shape index (κ1) is 29.6. The number of nitrogens with zero attached hydrogens (tertiary/aromatic N) is 5. The Bertz CT molecular complexity index is 1320. The van der Waals surface area contributed by atoms with Crippen LogP contribution in [-0.2, 0) is 27.5 Å². The van der Waals surface area contributed by atoms with Gasteiger partial charge < -0.3 is 19.3 Å². The van der Waals surface area contributed by atoms with Crippen LogP contribution in [-0.4, -0.2) is 86.2 Å². The quantitative estimate of drug-likeness (QED) is 0.290. The first-order valence-electron chi connectivity index (χ1n) is 12.8. The van der Waals surface area contributed by atoms with Crippen LogP contribution in [0.4, 0.5) is 21.0 Å². The van der Waals surface area contributed by atoms with Gasteiger partial charge in [0.15, 0.2) is 0 Å². The highest BCUT2D eigenvalue weighted by molar-refractivity contribution is 7.81. The van der Waals surface area contributed by atoms with Crippen LogP contribution < -0.4 is 0 Å². The summed E-state index contributed by atoms with van der Waals surface area (Å²) in [6.45, 7) is 2.66. The van der Waals surface area contributed by atoms with Gasteiger partial charge in [0.2, 0.25) is 5.91 Å². The van der Waals surface area contributed by atoms with E-state index in [-0.39, 0.29) is 68.5 Å². The van der Waals surface area contributed by atoms with E-state index in [1.807, 2.05) is 0 Å². The number of nitro groups is 2. The Hall–Kier alpha value is -4.40. The summed E-state index contributed by atoms with van der Waals surface area (Å²) in [5.74, 6) is -0.278. The molecule has 2 aliphatic heterocycles. The summed E-state index contributed by atoms with van der Waals surface area (Å²) >= 11 is 4.51. The second kappa shape index (κ2) is 12.4. The van der Waals surface area contributed by atoms with Crippen LogP contribution in [0.2, 0.25) is 0 Å². The molecule has 4 rings (SSSR count). The third-order valence-corrected chi connectivity index (χ3v) is 7.49. The molecule has 2 fully saturated rings. The minimum atomic E-state index is -1.20. The van der Waals surface area contributed by atoms with E-state index >= 15 is 0 Å². The van der Waals surface area contributed by atoms with E-state index in [4.69, 9.17) is 9.47 Å². The van der Waals surface area contributed by atoms with E-state index in [0.717, 1.165) is 0 Å². The summed E-state index contributed by atoms with van der Waals surface area (Å²) in [7, 11) is 0. The van der Waals surface area contributed by atoms with Gasteiger partial charge in [-0.1, -0.05) is 0 Å². The van der Waals surface area contributed by atoms with Crippen molar-refractivity contribution in [1.29, 1.82) is 0 Å². The zero-order chi connectivity index (χ0) is 29.7. The molecule has 0 spiro atoms. The zero-order valence-electron chi connectivity index (χ0n) is 22.2. The van der Waals surface area contributed by atoms with Crippen LogP contribution in [0, 0.1) is 20.2 Å². The van der Waals surface area contributed by atoms with Gasteiger partial charge in [-0.05, 0) is 48.7 Å². The number of ether oxygens (including phenoxy) is 2. The van der Waals surface area contributed by atoms with Crippen molar-refractivity contribution < 1.29 is 33.7 Å². The van der Waals surface area contributed by atoms with E-state index in [1.54, 1.807) is 11.8 Å². The highest BCUT2D eigenvalue weighted by Crippen LogP contribution is 2.35. The average Bonchev–Trinajstić information content (AvgIpc) is 3.29. The lowest BCUT2D eigenvalue weighted by atomic mass is 9.96. The Balaban J connectivity index is 1.29. The summed E-state index contributed by atoms with van der Waals surface area (Å²) in [6.07, 6.45) is -0.933. The molecule has 15 heteroatoms. The van der Waals surface area contributed by atoms with Crippen LogP contribution in [0.15, 0.2) is 48.5 Å². The second-order valence-corrected chi connectivity index (χ2v) is 10.7. The summed E-state index contributed by atoms with van der Waals surface area (Å²) < 4.78 is 10.8. The predicted molar refractivity (Wildman–Crippen MR) is 147 cm³/mol. The number of hydrogen-bond acceptors (Lipinski definition) is 10. The molecule has 2 aliphatic rings. The predicted octanol–water partition coefficient (Wildman–Crippen LogP) is 3.38. The van der Waals surface area contributed by atoms with Crippen LogP contribution in [0.3, 0.4) is 0 Å². The Labute approximate surface area is 240 Å². The van der Waals surface area contributed by atoms with Crippen molar-refractivity contribution in [2.24, 2.45) is 0 Å². The van der Waals surface area contributed by atoms with E-state index < -0.39 is 27.6 Å². The van der Waals surface area contributed by atoms with E-state index in [9.17, 15) is 34.6 Å². The lowest BCUT2D eigenvalue weighted by Gasteiger charge is -2.40. The maximum Gasteiger partial charge on any atom is 0.411 e. The molecular weight excluding hydrogens is 558 g/mol. The van der Waals surface area contributed by atoms with Gasteiger partial charge in [0, 0.05) is 62.2 Å². The number of likely N-dealkylation sites (tertiary alicyclic amines) is 1. The van der Waals surface area contributed by atoms with Gasteiger partial charge in [0.05, 0.1) is 9.85 Å². The first-order chi connectivity index (χ1) is 19.5. The molecule has 14 nitrogen and oxygen atoms in total. The van der Waals surface area contributed by atoms with E-state index in [0.29, 0.717) is 17.5 Å². The van der Waals surface area contributed by atoms with Crippen molar-refractivity contribution in [2.75, 3.05) is 32.7 Å². The van der Waals surface area contributed by atoms with Crippen molar-refractivity contribution in [2.45, 2.75) is 37.3 Å². The summed E-state index contributed by atoms with van der Waals surface area (Å²) in [4.78, 5) is 64.2. The fourth-order valence-corrected chi connectivity index (χ4v) is 5.36. The molecule has 0 radical (unpaired) electrons. The topological polar surface area (TPSA) is 166 Å². The molecule has 2 aromatic rings. The van der Waals surface area contributed by atoms with Crippen molar-refractivity contribution in [1.82, 2.24) is 14.7 Å². The summed E-state index contributed by atoms with van der Waals surface area (Å²) in [6, 6.07) is 11.3. The van der Waals surface area contributed by atoms with Crippen molar-refractivity contribution in [3.05, 3.63) is 79.9 Å². The number of piperazine rings is 1. The van der Waals surface area contributed by atoms with Crippen molar-refractivity contribution in [3.8, 4) is 0 Å². The van der Waals surface area contributed by atoms with Gasteiger partial charge in [-0.25, -0.2) is 9.59 Å². The molecule has 0 N–H and O–H groups in total. The Morgan fingerprint density at radius 3 is 1.73 bits per heavy atom. The Kier molecular flexibility index (Phi) is 8.95. The van der Waals surface area contributed by atoms with Crippen LogP contribution in [0.25, 0.3) is 0 Å². The molecule has 0 aromatic heterocycles. The van der Waals surface area contributed by atoms with Crippen LogP contribution in [0.5, 0.6) is 0 Å². The molecule has 41 heavy (non-hydrogen) atoms. The number of thiol groups is 1. The molecule has 2 atom stereocenters. The van der Waals surface area contributed by atoms with Gasteiger partial charge in [-0.15, -0.1) is 0 Å². The van der Waals surface area contributed by atoms with E-state index in [1.165, 1.54) is 58.3 Å². The Morgan fingerprint density at radius 2 is 1.27 bits per heavy atom. The molecule has 3 amide bonds. The Morgan fingerprint density at radius 1 is 0.829 bits per heavy atom. The normalized spacial score (nSPS) is 20.4. The monoisotopic (exact) mass is 587 g/mol. The summed E-state index contributed by atoms with van der Waals surface area (Å²) in [5, 5.41) is 21.4. The number of rotatable bonds is 7. The molecule has 2 aromatic carbocycles. The molecule has 218 valence electrons. The maximum atomic E-state index is 13.6. The number of carbonyl (C=O) groups excluding carboxylic acids is 3. The number of hydrogen-bond donors (Lipinski definition) is 1. The first-order valence-corrected chi connectivity index (χ1v) is 13.3. The number of amides is 3. The second-order valence-electron chi connectivity index (χ2n) is 9.98. The number of carbonyl (C=O) groups is 3. The van der Waals surface area contributed by atoms with Gasteiger partial charge >= 0.3 is 12.2 Å². The van der Waals surface area contributed by atoms with Crippen LogP contribution in [0.1, 0.15) is 24.5 Å². The minimum absolute atomic E-state index is 0.0473. The number of non-ortho nitro benzene ring substituents is 2. The summed E-state index contributed by atoms with van der Waals surface area (Å²) in [5.41, 5.74) is -0.160. The molecule has 0 unspecified atom stereocenters. The average molecular weight is 588 g/mol. The van der Waals surface area contributed by atoms with Crippen molar-refractivity contribution in [3.63, 3.8) is 0 Å².